The van der Waals surface area contributed by atoms with Crippen molar-refractivity contribution in [3.05, 3.63) is 46.1 Å². The zero-order valence-corrected chi connectivity index (χ0v) is 13.5. The van der Waals surface area contributed by atoms with Crippen LogP contribution in [0.3, 0.4) is 0 Å². The van der Waals surface area contributed by atoms with Gasteiger partial charge >= 0.3 is 0 Å². The molecule has 2 rings (SSSR count). The molecule has 0 radical (unpaired) electrons. The van der Waals surface area contributed by atoms with Crippen molar-refractivity contribution in [3.63, 3.8) is 0 Å². The zero-order valence-electron chi connectivity index (χ0n) is 11.9. The molecule has 0 aliphatic rings. The molecule has 0 aliphatic carbocycles. The largest absolute Gasteiger partial charge is 0.493 e. The quantitative estimate of drug-likeness (QED) is 0.917. The molecule has 2 aromatic rings. The normalized spacial score (nSPS) is 10.1. The summed E-state index contributed by atoms with van der Waals surface area (Å²) in [6, 6.07) is 8.69. The molecule has 1 heterocycles. The molecule has 1 amide bonds. The standard InChI is InChI=1S/C15H15BrN2O3/c1-9-11(16)7-8-13(17-9)18-15(19)10-5-4-6-12(20-2)14(10)21-3/h4-8H,1-3H3,(H,17,18,19). The fourth-order valence-corrected chi connectivity index (χ4v) is 2.08. The van der Waals surface area contributed by atoms with Crippen LogP contribution in [0.15, 0.2) is 34.8 Å². The number of hydrogen-bond donors (Lipinski definition) is 1. The van der Waals surface area contributed by atoms with Crippen LogP contribution in [-0.4, -0.2) is 25.1 Å². The van der Waals surface area contributed by atoms with Crippen LogP contribution in [0, 0.1) is 6.92 Å². The highest BCUT2D eigenvalue weighted by Crippen LogP contribution is 2.31. The van der Waals surface area contributed by atoms with Gasteiger partial charge < -0.3 is 14.8 Å². The van der Waals surface area contributed by atoms with Crippen LogP contribution in [0.25, 0.3) is 0 Å². The Morgan fingerprint density at radius 3 is 2.57 bits per heavy atom. The van der Waals surface area contributed by atoms with Gasteiger partial charge in [-0.25, -0.2) is 4.98 Å². The maximum atomic E-state index is 12.4. The first-order chi connectivity index (χ1) is 10.1. The number of ether oxygens (including phenoxy) is 2. The summed E-state index contributed by atoms with van der Waals surface area (Å²) in [5.74, 6) is 1.07. The smallest absolute Gasteiger partial charge is 0.260 e. The van der Waals surface area contributed by atoms with Gasteiger partial charge in [-0.2, -0.15) is 0 Å². The number of nitrogens with zero attached hydrogens (tertiary/aromatic N) is 1. The minimum Gasteiger partial charge on any atom is -0.493 e. The van der Waals surface area contributed by atoms with Gasteiger partial charge in [-0.3, -0.25) is 4.79 Å². The second-order valence-corrected chi connectivity index (χ2v) is 5.11. The average molecular weight is 351 g/mol. The molecule has 21 heavy (non-hydrogen) atoms. The van der Waals surface area contributed by atoms with Crippen LogP contribution in [-0.2, 0) is 0 Å². The van der Waals surface area contributed by atoms with Crippen LogP contribution < -0.4 is 14.8 Å². The van der Waals surface area contributed by atoms with Crippen molar-refractivity contribution < 1.29 is 14.3 Å². The highest BCUT2D eigenvalue weighted by Gasteiger charge is 2.16. The number of hydrogen-bond acceptors (Lipinski definition) is 4. The molecule has 0 bridgehead atoms. The average Bonchev–Trinajstić information content (AvgIpc) is 2.49. The van der Waals surface area contributed by atoms with Gasteiger partial charge in [0.2, 0.25) is 0 Å². The molecule has 0 atom stereocenters. The fourth-order valence-electron chi connectivity index (χ4n) is 1.86. The van der Waals surface area contributed by atoms with E-state index in [0.29, 0.717) is 22.9 Å². The van der Waals surface area contributed by atoms with Gasteiger partial charge in [-0.05, 0) is 47.1 Å². The number of anilines is 1. The lowest BCUT2D eigenvalue weighted by Crippen LogP contribution is -2.14. The van der Waals surface area contributed by atoms with Gasteiger partial charge in [0.15, 0.2) is 11.5 Å². The number of benzene rings is 1. The third-order valence-electron chi connectivity index (χ3n) is 2.91. The van der Waals surface area contributed by atoms with Gasteiger partial charge in [-0.15, -0.1) is 0 Å². The molecular weight excluding hydrogens is 336 g/mol. The highest BCUT2D eigenvalue weighted by molar-refractivity contribution is 9.10. The molecule has 0 aliphatic heterocycles. The molecule has 0 unspecified atom stereocenters. The summed E-state index contributed by atoms with van der Waals surface area (Å²) in [6.07, 6.45) is 0. The van der Waals surface area contributed by atoms with Crippen LogP contribution in [0.4, 0.5) is 5.82 Å². The van der Waals surface area contributed by atoms with Gasteiger partial charge in [0.05, 0.1) is 25.5 Å². The van der Waals surface area contributed by atoms with Crippen molar-refractivity contribution in [2.75, 3.05) is 19.5 Å². The van der Waals surface area contributed by atoms with Crippen molar-refractivity contribution >= 4 is 27.7 Å². The molecule has 0 saturated carbocycles. The first kappa shape index (κ1) is 15.3. The lowest BCUT2D eigenvalue weighted by atomic mass is 10.1. The predicted octanol–water partition coefficient (Wildman–Crippen LogP) is 3.42. The summed E-state index contributed by atoms with van der Waals surface area (Å²) in [5, 5.41) is 2.75. The SMILES string of the molecule is COc1cccc(C(=O)Nc2ccc(Br)c(C)n2)c1OC. The van der Waals surface area contributed by atoms with Crippen molar-refractivity contribution in [1.29, 1.82) is 0 Å². The van der Waals surface area contributed by atoms with Crippen molar-refractivity contribution in [3.8, 4) is 11.5 Å². The maximum Gasteiger partial charge on any atom is 0.260 e. The van der Waals surface area contributed by atoms with Gasteiger partial charge in [0.1, 0.15) is 5.82 Å². The van der Waals surface area contributed by atoms with Crippen molar-refractivity contribution in [1.82, 2.24) is 4.98 Å². The Labute approximate surface area is 131 Å². The van der Waals surface area contributed by atoms with E-state index in [1.54, 1.807) is 24.3 Å². The van der Waals surface area contributed by atoms with E-state index in [-0.39, 0.29) is 5.91 Å². The third kappa shape index (κ3) is 3.33. The number of para-hydroxylation sites is 1. The van der Waals surface area contributed by atoms with Gasteiger partial charge in [0, 0.05) is 4.47 Å². The summed E-state index contributed by atoms with van der Waals surface area (Å²) in [5.41, 5.74) is 1.18. The van der Waals surface area contributed by atoms with E-state index in [0.717, 1.165) is 10.2 Å². The Bertz CT molecular complexity index is 674. The fraction of sp³-hybridized carbons (Fsp3) is 0.200. The number of halogens is 1. The van der Waals surface area contributed by atoms with E-state index in [2.05, 4.69) is 26.2 Å². The number of methoxy groups -OCH3 is 2. The van der Waals surface area contributed by atoms with Crippen molar-refractivity contribution in [2.45, 2.75) is 6.92 Å². The number of rotatable bonds is 4. The molecule has 1 aromatic heterocycles. The topological polar surface area (TPSA) is 60.5 Å². The Morgan fingerprint density at radius 2 is 1.95 bits per heavy atom. The van der Waals surface area contributed by atoms with Gasteiger partial charge in [0.25, 0.3) is 5.91 Å². The number of carbonyl (C=O) groups is 1. The van der Waals surface area contributed by atoms with E-state index >= 15 is 0 Å². The summed E-state index contributed by atoms with van der Waals surface area (Å²) in [6.45, 7) is 1.85. The van der Waals surface area contributed by atoms with Crippen LogP contribution in [0.5, 0.6) is 11.5 Å². The third-order valence-corrected chi connectivity index (χ3v) is 3.75. The number of amides is 1. The Kier molecular flexibility index (Phi) is 4.80. The maximum absolute atomic E-state index is 12.4. The number of aromatic nitrogens is 1. The second-order valence-electron chi connectivity index (χ2n) is 4.26. The number of pyridine rings is 1. The van der Waals surface area contributed by atoms with Crippen LogP contribution >= 0.6 is 15.9 Å². The Balaban J connectivity index is 2.30. The summed E-state index contributed by atoms with van der Waals surface area (Å²) < 4.78 is 11.3. The first-order valence-electron chi connectivity index (χ1n) is 6.22. The number of aryl methyl sites for hydroxylation is 1. The first-order valence-corrected chi connectivity index (χ1v) is 7.01. The predicted molar refractivity (Wildman–Crippen MR) is 84.2 cm³/mol. The summed E-state index contributed by atoms with van der Waals surface area (Å²) in [7, 11) is 3.02. The zero-order chi connectivity index (χ0) is 15.4. The second kappa shape index (κ2) is 6.58. The highest BCUT2D eigenvalue weighted by atomic mass is 79.9. The minimum atomic E-state index is -0.306. The summed E-state index contributed by atoms with van der Waals surface area (Å²) in [4.78, 5) is 16.6. The monoisotopic (exact) mass is 350 g/mol. The molecule has 0 saturated heterocycles. The number of nitrogens with one attached hydrogen (secondary N) is 1. The molecule has 1 aromatic carbocycles. The molecular formula is C15H15BrN2O3. The van der Waals surface area contributed by atoms with E-state index in [1.165, 1.54) is 14.2 Å². The van der Waals surface area contributed by atoms with E-state index in [9.17, 15) is 4.79 Å². The Hall–Kier alpha value is -2.08. The molecule has 6 heteroatoms. The lowest BCUT2D eigenvalue weighted by molar-refractivity contribution is 0.102. The number of carbonyl (C=O) groups excluding carboxylic acids is 1. The molecule has 1 N–H and O–H groups in total. The van der Waals surface area contributed by atoms with E-state index in [4.69, 9.17) is 9.47 Å². The minimum absolute atomic E-state index is 0.306. The lowest BCUT2D eigenvalue weighted by Gasteiger charge is -2.12. The Morgan fingerprint density at radius 1 is 1.19 bits per heavy atom. The molecule has 110 valence electrons. The van der Waals surface area contributed by atoms with E-state index < -0.39 is 0 Å². The van der Waals surface area contributed by atoms with Gasteiger partial charge in [-0.1, -0.05) is 6.07 Å². The molecule has 0 spiro atoms. The van der Waals surface area contributed by atoms with E-state index in [1.807, 2.05) is 13.0 Å². The molecule has 5 nitrogen and oxygen atoms in total. The van der Waals surface area contributed by atoms with Crippen LogP contribution in [0.1, 0.15) is 16.1 Å². The molecule has 0 fully saturated rings. The van der Waals surface area contributed by atoms with Crippen molar-refractivity contribution in [2.24, 2.45) is 0 Å². The summed E-state index contributed by atoms with van der Waals surface area (Å²) >= 11 is 3.37. The van der Waals surface area contributed by atoms with Crippen LogP contribution in [0.2, 0.25) is 0 Å².